The molecule has 1 fully saturated rings. The average molecular weight is 340 g/mol. The van der Waals surface area contributed by atoms with Crippen LogP contribution in [0.4, 0.5) is 0 Å². The first-order valence-electron chi connectivity index (χ1n) is 9.02. The van der Waals surface area contributed by atoms with Crippen molar-refractivity contribution in [2.45, 2.75) is 70.4 Å². The van der Waals surface area contributed by atoms with Crippen LogP contribution in [0.25, 0.3) is 0 Å². The molecule has 0 radical (unpaired) electrons. The largest absolute Gasteiger partial charge is 0.487 e. The third-order valence-electron chi connectivity index (χ3n) is 4.51. The molecule has 4 heteroatoms. The van der Waals surface area contributed by atoms with E-state index in [2.05, 4.69) is 18.3 Å². The number of halogens is 1. The molecular formula is C19H30ClNO2. The van der Waals surface area contributed by atoms with E-state index in [-0.39, 0.29) is 18.8 Å². The molecule has 0 aliphatic carbocycles. The van der Waals surface area contributed by atoms with Crippen molar-refractivity contribution < 1.29 is 9.84 Å². The molecule has 1 aliphatic heterocycles. The molecule has 0 spiro atoms. The first kappa shape index (κ1) is 18.6. The van der Waals surface area contributed by atoms with Gasteiger partial charge in [0, 0.05) is 19.0 Å². The fraction of sp³-hybridized carbons (Fsp3) is 0.684. The highest BCUT2D eigenvalue weighted by Crippen LogP contribution is 2.28. The number of hydrogen-bond donors (Lipinski definition) is 2. The zero-order chi connectivity index (χ0) is 16.5. The number of nitrogens with one attached hydrogen (secondary N) is 1. The number of rotatable bonds is 10. The lowest BCUT2D eigenvalue weighted by Crippen LogP contribution is -2.25. The first-order valence-corrected chi connectivity index (χ1v) is 9.40. The lowest BCUT2D eigenvalue weighted by molar-refractivity contribution is 0.206. The summed E-state index contributed by atoms with van der Waals surface area (Å²) in [7, 11) is 0. The van der Waals surface area contributed by atoms with E-state index >= 15 is 0 Å². The number of aryl methyl sites for hydroxylation is 1. The quantitative estimate of drug-likeness (QED) is 0.623. The minimum absolute atomic E-state index is 0.0917. The fourth-order valence-electron chi connectivity index (χ4n) is 3.10. The maximum Gasteiger partial charge on any atom is 0.138 e. The van der Waals surface area contributed by atoms with Crippen molar-refractivity contribution in [3.63, 3.8) is 0 Å². The van der Waals surface area contributed by atoms with Crippen molar-refractivity contribution in [2.24, 2.45) is 0 Å². The van der Waals surface area contributed by atoms with Gasteiger partial charge in [-0.15, -0.1) is 0 Å². The normalized spacial score (nSPS) is 20.8. The summed E-state index contributed by atoms with van der Waals surface area (Å²) in [5, 5.41) is 13.1. The monoisotopic (exact) mass is 339 g/mol. The van der Waals surface area contributed by atoms with Crippen molar-refractivity contribution in [3.05, 3.63) is 28.8 Å². The van der Waals surface area contributed by atoms with Gasteiger partial charge in [-0.25, -0.2) is 0 Å². The van der Waals surface area contributed by atoms with Gasteiger partial charge in [-0.05, 0) is 30.5 Å². The van der Waals surface area contributed by atoms with Crippen LogP contribution in [-0.4, -0.2) is 30.4 Å². The van der Waals surface area contributed by atoms with Gasteiger partial charge in [0.25, 0.3) is 0 Å². The van der Waals surface area contributed by atoms with Crippen molar-refractivity contribution in [1.29, 1.82) is 0 Å². The topological polar surface area (TPSA) is 41.5 Å². The van der Waals surface area contributed by atoms with E-state index in [1.54, 1.807) is 0 Å². The molecule has 3 nitrogen and oxygen atoms in total. The molecule has 0 aromatic heterocycles. The van der Waals surface area contributed by atoms with E-state index in [9.17, 15) is 0 Å². The molecule has 1 aliphatic rings. The zero-order valence-corrected chi connectivity index (χ0v) is 14.9. The van der Waals surface area contributed by atoms with Crippen LogP contribution in [0.3, 0.4) is 0 Å². The van der Waals surface area contributed by atoms with Crippen LogP contribution in [-0.2, 0) is 6.42 Å². The summed E-state index contributed by atoms with van der Waals surface area (Å²) in [5.74, 6) is 0.753. The molecule has 130 valence electrons. The molecule has 2 rings (SSSR count). The molecule has 1 unspecified atom stereocenters. The summed E-state index contributed by atoms with van der Waals surface area (Å²) in [6.45, 7) is 3.17. The lowest BCUT2D eigenvalue weighted by Gasteiger charge is -2.15. The third-order valence-corrected chi connectivity index (χ3v) is 4.81. The van der Waals surface area contributed by atoms with Crippen molar-refractivity contribution in [2.75, 3.05) is 13.2 Å². The molecule has 0 amide bonds. The highest BCUT2D eigenvalue weighted by Gasteiger charge is 2.25. The Labute approximate surface area is 145 Å². The van der Waals surface area contributed by atoms with Crippen LogP contribution in [0.1, 0.15) is 57.4 Å². The Morgan fingerprint density at radius 1 is 1.22 bits per heavy atom. The summed E-state index contributed by atoms with van der Waals surface area (Å²) in [6, 6.07) is 6.29. The van der Waals surface area contributed by atoms with Crippen molar-refractivity contribution in [3.8, 4) is 5.75 Å². The van der Waals surface area contributed by atoms with Crippen LogP contribution in [0.5, 0.6) is 5.75 Å². The number of hydrogen-bond acceptors (Lipinski definition) is 3. The second-order valence-corrected chi connectivity index (χ2v) is 6.95. The van der Waals surface area contributed by atoms with Gasteiger partial charge >= 0.3 is 0 Å². The Morgan fingerprint density at radius 3 is 2.70 bits per heavy atom. The van der Waals surface area contributed by atoms with E-state index in [0.717, 1.165) is 25.1 Å². The van der Waals surface area contributed by atoms with Gasteiger partial charge in [-0.3, -0.25) is 0 Å². The Kier molecular flexibility index (Phi) is 8.21. The minimum atomic E-state index is 0.0917. The van der Waals surface area contributed by atoms with Gasteiger partial charge in [-0.1, -0.05) is 56.7 Å². The van der Waals surface area contributed by atoms with Gasteiger partial charge in [-0.2, -0.15) is 0 Å². The fourth-order valence-corrected chi connectivity index (χ4v) is 3.34. The smallest absolute Gasteiger partial charge is 0.138 e. The number of ether oxygens (including phenoxy) is 1. The predicted molar refractivity (Wildman–Crippen MR) is 96.4 cm³/mol. The molecule has 2 N–H and O–H groups in total. The third kappa shape index (κ3) is 6.33. The molecule has 0 saturated carbocycles. The van der Waals surface area contributed by atoms with Gasteiger partial charge in [0.2, 0.25) is 0 Å². The van der Waals surface area contributed by atoms with Crippen LogP contribution in [0.2, 0.25) is 5.02 Å². The van der Waals surface area contributed by atoms with Gasteiger partial charge < -0.3 is 15.2 Å². The van der Waals surface area contributed by atoms with Crippen molar-refractivity contribution >= 4 is 11.6 Å². The highest BCUT2D eigenvalue weighted by molar-refractivity contribution is 6.32. The molecule has 1 aromatic rings. The summed E-state index contributed by atoms with van der Waals surface area (Å²) in [5.41, 5.74) is 1.29. The van der Waals surface area contributed by atoms with E-state index in [1.165, 1.54) is 44.1 Å². The SMILES string of the molecule is CCCCCCCCc1ccc(OC2CN[C@H](CO)C2)c(Cl)c1. The van der Waals surface area contributed by atoms with Crippen LogP contribution < -0.4 is 10.1 Å². The Bertz CT molecular complexity index is 467. The van der Waals surface area contributed by atoms with E-state index < -0.39 is 0 Å². The number of aliphatic hydroxyl groups excluding tert-OH is 1. The Balaban J connectivity index is 1.74. The van der Waals surface area contributed by atoms with Crippen LogP contribution in [0.15, 0.2) is 18.2 Å². The molecule has 0 bridgehead atoms. The zero-order valence-electron chi connectivity index (χ0n) is 14.2. The highest BCUT2D eigenvalue weighted by atomic mass is 35.5. The Hall–Kier alpha value is -0.770. The second kappa shape index (κ2) is 10.2. The van der Waals surface area contributed by atoms with Crippen molar-refractivity contribution in [1.82, 2.24) is 5.32 Å². The summed E-state index contributed by atoms with van der Waals surface area (Å²) in [4.78, 5) is 0. The molecule has 2 atom stereocenters. The number of unbranched alkanes of at least 4 members (excludes halogenated alkanes) is 5. The molecule has 1 heterocycles. The summed E-state index contributed by atoms with van der Waals surface area (Å²) >= 11 is 6.36. The molecule has 1 saturated heterocycles. The molecule has 23 heavy (non-hydrogen) atoms. The lowest BCUT2D eigenvalue weighted by atomic mass is 10.0. The molecular weight excluding hydrogens is 310 g/mol. The predicted octanol–water partition coefficient (Wildman–Crippen LogP) is 4.34. The Morgan fingerprint density at radius 2 is 2.00 bits per heavy atom. The first-order chi connectivity index (χ1) is 11.2. The summed E-state index contributed by atoms with van der Waals surface area (Å²) in [6.07, 6.45) is 9.87. The van der Waals surface area contributed by atoms with Crippen LogP contribution >= 0.6 is 11.6 Å². The number of aliphatic hydroxyl groups is 1. The van der Waals surface area contributed by atoms with Crippen LogP contribution in [0, 0.1) is 0 Å². The maximum atomic E-state index is 9.15. The standard InChI is InChI=1S/C19H30ClNO2/c1-2-3-4-5-6-7-8-15-9-10-19(18(20)11-15)23-17-12-16(14-22)21-13-17/h9-11,16-17,21-22H,2-8,12-14H2,1H3/t16-,17?/m0/s1. The maximum absolute atomic E-state index is 9.15. The average Bonchev–Trinajstić information content (AvgIpc) is 3.01. The molecule has 1 aromatic carbocycles. The second-order valence-electron chi connectivity index (χ2n) is 6.55. The van der Waals surface area contributed by atoms with Gasteiger partial charge in [0.15, 0.2) is 0 Å². The van der Waals surface area contributed by atoms with E-state index in [0.29, 0.717) is 5.02 Å². The number of benzene rings is 1. The van der Waals surface area contributed by atoms with Gasteiger partial charge in [0.05, 0.1) is 11.6 Å². The summed E-state index contributed by atoms with van der Waals surface area (Å²) < 4.78 is 5.96. The van der Waals surface area contributed by atoms with E-state index in [1.807, 2.05) is 12.1 Å². The van der Waals surface area contributed by atoms with Gasteiger partial charge in [0.1, 0.15) is 11.9 Å². The van der Waals surface area contributed by atoms with E-state index in [4.69, 9.17) is 21.4 Å². The minimum Gasteiger partial charge on any atom is -0.487 e.